The van der Waals surface area contributed by atoms with E-state index >= 15 is 0 Å². The van der Waals surface area contributed by atoms with Crippen LogP contribution in [0.3, 0.4) is 0 Å². The number of methoxy groups -OCH3 is 1. The van der Waals surface area contributed by atoms with Crippen LogP contribution < -0.4 is 10.7 Å². The summed E-state index contributed by atoms with van der Waals surface area (Å²) in [4.78, 5) is 64.3. The van der Waals surface area contributed by atoms with Crippen LogP contribution in [0, 0.1) is 11.3 Å². The molecule has 6 bridgehead atoms. The molecule has 3 aromatic carbocycles. The number of carbonyl (C=O) groups is 4. The highest BCUT2D eigenvalue weighted by molar-refractivity contribution is 5.99. The summed E-state index contributed by atoms with van der Waals surface area (Å²) in [5, 5.41) is 26.9. The van der Waals surface area contributed by atoms with E-state index in [2.05, 4.69) is 54.3 Å². The minimum Gasteiger partial charge on any atom is -0.508 e. The van der Waals surface area contributed by atoms with Crippen molar-refractivity contribution in [1.82, 2.24) is 30.2 Å². The number of ether oxygens (including phenoxy) is 2. The molecule has 2 aromatic heterocycles. The molecule has 0 radical (unpaired) electrons. The predicted octanol–water partition coefficient (Wildman–Crippen LogP) is 8.05. The zero-order valence-corrected chi connectivity index (χ0v) is 42.1. The number of aromatic hydroxyl groups is 1. The van der Waals surface area contributed by atoms with E-state index in [0.717, 1.165) is 44.5 Å². The van der Waals surface area contributed by atoms with Crippen LogP contribution in [-0.2, 0) is 48.0 Å². The number of nitrogens with zero attached hydrogens (tertiary/aromatic N) is 4. The molecule has 5 aromatic rings. The van der Waals surface area contributed by atoms with Gasteiger partial charge in [-0.15, -0.1) is 0 Å². The highest BCUT2D eigenvalue weighted by Gasteiger charge is 2.39. The highest BCUT2D eigenvalue weighted by atomic mass is 16.5. The summed E-state index contributed by atoms with van der Waals surface area (Å²) < 4.78 is 14.2. The molecule has 0 spiro atoms. The van der Waals surface area contributed by atoms with Gasteiger partial charge in [0.05, 0.1) is 24.1 Å². The van der Waals surface area contributed by atoms with Crippen LogP contribution in [0.15, 0.2) is 96.7 Å². The Balaban J connectivity index is 1.31. The summed E-state index contributed by atoms with van der Waals surface area (Å²) in [6.07, 6.45) is 4.98. The molecule has 14 nitrogen and oxygen atoms in total. The molecule has 7 rings (SSSR count). The van der Waals surface area contributed by atoms with Crippen molar-refractivity contribution in [2.45, 2.75) is 117 Å². The Labute approximate surface area is 412 Å². The highest BCUT2D eigenvalue weighted by Crippen LogP contribution is 2.42. The third-order valence-electron chi connectivity index (χ3n) is 13.9. The largest absolute Gasteiger partial charge is 0.508 e. The van der Waals surface area contributed by atoms with E-state index in [4.69, 9.17) is 14.5 Å². The number of fused-ring (bicyclic) bond motifs is 6. The molecule has 1 unspecified atom stereocenters. The molecule has 70 heavy (non-hydrogen) atoms. The second-order valence-corrected chi connectivity index (χ2v) is 19.9. The van der Waals surface area contributed by atoms with E-state index in [1.165, 1.54) is 9.91 Å². The first-order valence-electron chi connectivity index (χ1n) is 24.6. The molecular formula is C56H70N6O8. The maximum absolute atomic E-state index is 14.9. The molecule has 1 saturated heterocycles. The van der Waals surface area contributed by atoms with Gasteiger partial charge in [-0.25, -0.2) is 5.43 Å². The smallest absolute Gasteiger partial charge is 0.324 e. The Kier molecular flexibility index (Phi) is 16.3. The number of aliphatic hydroxyl groups is 1. The Hall–Kier alpha value is -6.35. The lowest BCUT2D eigenvalue weighted by Gasteiger charge is -2.37. The Morgan fingerprint density at radius 1 is 1.04 bits per heavy atom. The fourth-order valence-corrected chi connectivity index (χ4v) is 10.4. The zero-order chi connectivity index (χ0) is 50.4. The number of aromatic nitrogens is 2. The molecule has 3 amide bonds. The number of allylic oxidation sites excluding steroid dienone is 1. The number of phenols is 1. The fraction of sp³-hybridized carbons (Fsp3) is 0.446. The van der Waals surface area contributed by atoms with Gasteiger partial charge in [-0.1, -0.05) is 76.2 Å². The number of hydrogen-bond acceptors (Lipinski definition) is 10. The number of carbonyl (C=O) groups excluding carboxylic acids is 4. The lowest BCUT2D eigenvalue weighted by atomic mass is 9.84. The van der Waals surface area contributed by atoms with Crippen molar-refractivity contribution in [3.63, 3.8) is 0 Å². The summed E-state index contributed by atoms with van der Waals surface area (Å²) in [6.45, 7) is 14.6. The number of hydrazine groups is 1. The van der Waals surface area contributed by atoms with Gasteiger partial charge in [0.25, 0.3) is 11.8 Å². The molecule has 14 heteroatoms. The first-order chi connectivity index (χ1) is 33.5. The van der Waals surface area contributed by atoms with Gasteiger partial charge in [0.15, 0.2) is 0 Å². The van der Waals surface area contributed by atoms with Crippen molar-refractivity contribution in [3.8, 4) is 28.1 Å². The summed E-state index contributed by atoms with van der Waals surface area (Å²) in [5.74, 6) is -2.69. The summed E-state index contributed by atoms with van der Waals surface area (Å²) in [7, 11) is 3.26. The number of rotatable bonds is 13. The van der Waals surface area contributed by atoms with Gasteiger partial charge in [-0.3, -0.25) is 29.2 Å². The first kappa shape index (κ1) is 51.5. The van der Waals surface area contributed by atoms with Crippen molar-refractivity contribution in [2.24, 2.45) is 11.3 Å². The van der Waals surface area contributed by atoms with E-state index in [9.17, 15) is 29.4 Å². The number of benzene rings is 3. The molecule has 2 aliphatic rings. The van der Waals surface area contributed by atoms with Crippen LogP contribution in [0.4, 0.5) is 0 Å². The molecule has 0 saturated carbocycles. The number of hydrogen-bond donors (Lipinski definition) is 4. The van der Waals surface area contributed by atoms with Gasteiger partial charge in [-0.05, 0) is 117 Å². The molecule has 2 aliphatic heterocycles. The number of nitrogens with one attached hydrogen (secondary N) is 2. The SMILES string of the molecule is C/C=C(/C(=O)N(C)C(C(=O)N[C@H]1Cc2cc(O)cc(c2)-c2ccc3c(c2)c(c(-c2cccnc2[C@H](C)OC)n3CC)CC(C)(C)COC(=O)[C@@H]2CCCN(N2)C1=O)C(C)C)[C@H](CCO)c1ccccc1. The molecular weight excluding hydrogens is 885 g/mol. The van der Waals surface area contributed by atoms with Gasteiger partial charge in [-0.2, -0.15) is 0 Å². The number of amides is 3. The van der Waals surface area contributed by atoms with Gasteiger partial charge >= 0.3 is 5.97 Å². The van der Waals surface area contributed by atoms with Crippen LogP contribution in [0.1, 0.15) is 102 Å². The number of cyclic esters (lactones) is 1. The molecule has 1 fully saturated rings. The second-order valence-electron chi connectivity index (χ2n) is 19.9. The van der Waals surface area contributed by atoms with Gasteiger partial charge < -0.3 is 34.5 Å². The third-order valence-corrected chi connectivity index (χ3v) is 13.9. The van der Waals surface area contributed by atoms with E-state index in [1.54, 1.807) is 45.5 Å². The average molecular weight is 955 g/mol. The lowest BCUT2D eigenvalue weighted by molar-refractivity contribution is -0.155. The normalized spacial score (nSPS) is 19.0. The maximum Gasteiger partial charge on any atom is 0.324 e. The van der Waals surface area contributed by atoms with Crippen molar-refractivity contribution in [2.75, 3.05) is 33.9 Å². The predicted molar refractivity (Wildman–Crippen MR) is 271 cm³/mol. The number of phenolic OH excluding ortho intramolecular Hbond substituents is 1. The summed E-state index contributed by atoms with van der Waals surface area (Å²) in [5.41, 5.74) is 10.8. The Morgan fingerprint density at radius 3 is 2.49 bits per heavy atom. The van der Waals surface area contributed by atoms with Crippen LogP contribution in [0.25, 0.3) is 33.3 Å². The second kappa shape index (κ2) is 22.2. The Morgan fingerprint density at radius 2 is 1.80 bits per heavy atom. The van der Waals surface area contributed by atoms with E-state index in [1.807, 2.05) is 69.3 Å². The first-order valence-corrected chi connectivity index (χ1v) is 24.6. The number of pyridine rings is 1. The molecule has 4 heterocycles. The zero-order valence-electron chi connectivity index (χ0n) is 42.1. The van der Waals surface area contributed by atoms with E-state index < -0.39 is 47.2 Å². The van der Waals surface area contributed by atoms with Gasteiger partial charge in [0, 0.05) is 79.8 Å². The molecule has 372 valence electrons. The van der Waals surface area contributed by atoms with Crippen molar-refractivity contribution in [3.05, 3.63) is 119 Å². The summed E-state index contributed by atoms with van der Waals surface area (Å²) >= 11 is 0. The molecule has 4 N–H and O–H groups in total. The van der Waals surface area contributed by atoms with Crippen molar-refractivity contribution < 1.29 is 38.9 Å². The summed E-state index contributed by atoms with van der Waals surface area (Å²) in [6, 6.07) is 22.0. The van der Waals surface area contributed by atoms with E-state index in [0.29, 0.717) is 48.9 Å². The molecule has 5 atom stereocenters. The Bertz CT molecular complexity index is 2730. The standard InChI is InChI=1S/C56H70N6O8/c1-10-41(42(23-26-63)37-17-13-12-14-18-37)53(66)60(8)50(34(3)4)52(65)58-47-29-36-27-39(30-40(64)28-36)38-21-22-48-44(31-38)45(51(61(48)11-2)43-19-15-24-57-49(43)35(5)69-9)32-56(6,7)33-70-55(68)46-20-16-25-62(59-46)54(47)67/h10,12-15,17-19,21-22,24,27-28,30-31,34-35,42,46-47,50,59,63-64H,11,16,20,23,25-26,29,32-33H2,1-9H3,(H,58,65)/b41-10+/t35-,42+,46-,47-,50?/m0/s1. The quantitative estimate of drug-likeness (QED) is 0.0668. The minimum absolute atomic E-state index is 0.0136. The number of aryl methyl sites for hydroxylation is 1. The maximum atomic E-state index is 14.9. The monoisotopic (exact) mass is 955 g/mol. The fourth-order valence-electron chi connectivity index (χ4n) is 10.4. The minimum atomic E-state index is -1.18. The van der Waals surface area contributed by atoms with Crippen LogP contribution >= 0.6 is 0 Å². The van der Waals surface area contributed by atoms with Gasteiger partial charge in [0.2, 0.25) is 5.91 Å². The van der Waals surface area contributed by atoms with Crippen molar-refractivity contribution in [1.29, 1.82) is 0 Å². The number of aliphatic hydroxyl groups excluding tert-OH is 1. The number of esters is 1. The lowest BCUT2D eigenvalue weighted by Crippen LogP contribution is -2.62. The number of likely N-dealkylation sites (N-methyl/N-ethyl adjacent to an activating group) is 1. The van der Waals surface area contributed by atoms with Crippen LogP contribution in [0.2, 0.25) is 0 Å². The average Bonchev–Trinajstić information content (AvgIpc) is 3.65. The van der Waals surface area contributed by atoms with Crippen LogP contribution in [0.5, 0.6) is 5.75 Å². The van der Waals surface area contributed by atoms with Gasteiger partial charge in [0.1, 0.15) is 23.9 Å². The van der Waals surface area contributed by atoms with E-state index in [-0.39, 0.29) is 49.9 Å². The van der Waals surface area contributed by atoms with Crippen molar-refractivity contribution >= 4 is 34.6 Å². The topological polar surface area (TPSA) is 176 Å². The van der Waals surface area contributed by atoms with Crippen LogP contribution in [-0.4, -0.2) is 105 Å². The third kappa shape index (κ3) is 11.0. The molecule has 0 aliphatic carbocycles.